The van der Waals surface area contributed by atoms with Crippen LogP contribution in [0.4, 0.5) is 5.95 Å². The lowest BCUT2D eigenvalue weighted by molar-refractivity contribution is -0.121. The zero-order valence-electron chi connectivity index (χ0n) is 19.5. The third-order valence-electron chi connectivity index (χ3n) is 5.99. The third-order valence-corrected chi connectivity index (χ3v) is 5.99. The van der Waals surface area contributed by atoms with Crippen LogP contribution < -0.4 is 15.0 Å². The summed E-state index contributed by atoms with van der Waals surface area (Å²) < 4.78 is 5.24. The number of aromatic nitrogens is 3. The number of methoxy groups -OCH3 is 1. The maximum atomic E-state index is 12.5. The fraction of sp³-hybridized carbons (Fsp3) is 0.385. The Morgan fingerprint density at radius 2 is 1.94 bits per heavy atom. The van der Waals surface area contributed by atoms with E-state index in [2.05, 4.69) is 34.0 Å². The van der Waals surface area contributed by atoms with E-state index in [4.69, 9.17) is 9.72 Å². The minimum Gasteiger partial charge on any atom is -0.497 e. The van der Waals surface area contributed by atoms with Crippen LogP contribution in [0.1, 0.15) is 43.9 Å². The quantitative estimate of drug-likeness (QED) is 0.592. The van der Waals surface area contributed by atoms with Crippen molar-refractivity contribution in [2.24, 2.45) is 0 Å². The predicted octanol–water partition coefficient (Wildman–Crippen LogP) is 4.00. The van der Waals surface area contributed by atoms with Gasteiger partial charge in [-0.05, 0) is 54.2 Å². The smallest absolute Gasteiger partial charge is 0.225 e. The van der Waals surface area contributed by atoms with Gasteiger partial charge in [-0.15, -0.1) is 0 Å². The minimum absolute atomic E-state index is 0.0433. The molecule has 0 spiro atoms. The largest absolute Gasteiger partial charge is 0.497 e. The maximum Gasteiger partial charge on any atom is 0.225 e. The van der Waals surface area contributed by atoms with E-state index >= 15 is 0 Å². The number of piperidine rings is 1. The van der Waals surface area contributed by atoms with E-state index in [0.717, 1.165) is 60.0 Å². The van der Waals surface area contributed by atoms with Crippen molar-refractivity contribution in [3.05, 3.63) is 66.2 Å². The van der Waals surface area contributed by atoms with E-state index in [9.17, 15) is 4.79 Å². The van der Waals surface area contributed by atoms with E-state index in [0.29, 0.717) is 6.42 Å². The SMILES string of the molecule is COc1cccc(CC(=O)NC2CCN(c3ncc(-c4ccncc4)c(C(C)C)n3)CC2)c1. The number of carbonyl (C=O) groups excluding carboxylic acids is 1. The highest BCUT2D eigenvalue weighted by atomic mass is 16.5. The molecule has 0 aliphatic carbocycles. The molecule has 4 rings (SSSR count). The fourth-order valence-corrected chi connectivity index (χ4v) is 4.20. The van der Waals surface area contributed by atoms with Crippen LogP contribution in [0.25, 0.3) is 11.1 Å². The van der Waals surface area contributed by atoms with Crippen LogP contribution >= 0.6 is 0 Å². The highest BCUT2D eigenvalue weighted by Gasteiger charge is 2.23. The summed E-state index contributed by atoms with van der Waals surface area (Å²) in [5.41, 5.74) is 4.13. The van der Waals surface area contributed by atoms with Crippen molar-refractivity contribution < 1.29 is 9.53 Å². The first-order valence-corrected chi connectivity index (χ1v) is 11.5. The Balaban J connectivity index is 1.36. The molecule has 1 amide bonds. The number of hydrogen-bond acceptors (Lipinski definition) is 6. The number of anilines is 1. The predicted molar refractivity (Wildman–Crippen MR) is 129 cm³/mol. The van der Waals surface area contributed by atoms with Crippen molar-refractivity contribution in [1.82, 2.24) is 20.3 Å². The van der Waals surface area contributed by atoms with E-state index < -0.39 is 0 Å². The second kappa shape index (κ2) is 10.4. The zero-order chi connectivity index (χ0) is 23.2. The van der Waals surface area contributed by atoms with Gasteiger partial charge >= 0.3 is 0 Å². The number of benzene rings is 1. The first-order valence-electron chi connectivity index (χ1n) is 11.5. The molecule has 1 aromatic carbocycles. The van der Waals surface area contributed by atoms with Crippen LogP contribution in [0.5, 0.6) is 5.75 Å². The van der Waals surface area contributed by atoms with Gasteiger partial charge < -0.3 is 15.0 Å². The molecule has 0 unspecified atom stereocenters. The van der Waals surface area contributed by atoms with Crippen LogP contribution in [0.15, 0.2) is 55.0 Å². The molecule has 0 saturated carbocycles. The molecule has 7 nitrogen and oxygen atoms in total. The summed E-state index contributed by atoms with van der Waals surface area (Å²) in [5, 5.41) is 3.18. The first-order chi connectivity index (χ1) is 16.0. The van der Waals surface area contributed by atoms with Gasteiger partial charge in [0, 0.05) is 43.3 Å². The van der Waals surface area contributed by atoms with Gasteiger partial charge in [-0.25, -0.2) is 9.97 Å². The third kappa shape index (κ3) is 5.66. The highest BCUT2D eigenvalue weighted by Crippen LogP contribution is 2.29. The summed E-state index contributed by atoms with van der Waals surface area (Å²) in [4.78, 5) is 28.5. The number of amides is 1. The highest BCUT2D eigenvalue weighted by molar-refractivity contribution is 5.79. The van der Waals surface area contributed by atoms with E-state index in [1.165, 1.54) is 0 Å². The van der Waals surface area contributed by atoms with E-state index in [1.54, 1.807) is 19.5 Å². The summed E-state index contributed by atoms with van der Waals surface area (Å²) in [6.45, 7) is 5.94. The molecule has 0 atom stereocenters. The first kappa shape index (κ1) is 22.7. The topological polar surface area (TPSA) is 80.2 Å². The monoisotopic (exact) mass is 445 g/mol. The molecule has 1 aliphatic heterocycles. The second-order valence-electron chi connectivity index (χ2n) is 8.72. The number of pyridine rings is 1. The number of carbonyl (C=O) groups is 1. The van der Waals surface area contributed by atoms with Gasteiger partial charge in [0.25, 0.3) is 0 Å². The second-order valence-corrected chi connectivity index (χ2v) is 8.72. The molecule has 1 aliphatic rings. The standard InChI is InChI=1S/C26H31N5O2/c1-18(2)25-23(20-7-11-27-12-8-20)17-28-26(30-25)31-13-9-21(10-14-31)29-24(32)16-19-5-4-6-22(15-19)33-3/h4-8,11-12,15,17-18,21H,9-10,13-14,16H2,1-3H3,(H,29,32). The van der Waals surface area contributed by atoms with Gasteiger partial charge in [0.05, 0.1) is 19.2 Å². The molecular formula is C26H31N5O2. The number of nitrogens with zero attached hydrogens (tertiary/aromatic N) is 4. The molecular weight excluding hydrogens is 414 g/mol. The zero-order valence-corrected chi connectivity index (χ0v) is 19.5. The Kier molecular flexibility index (Phi) is 7.17. The number of ether oxygens (including phenoxy) is 1. The maximum absolute atomic E-state index is 12.5. The minimum atomic E-state index is 0.0433. The lowest BCUT2D eigenvalue weighted by atomic mass is 10.00. The Bertz CT molecular complexity index is 1080. The van der Waals surface area contributed by atoms with Crippen LogP contribution in [-0.4, -0.2) is 47.1 Å². The molecule has 1 N–H and O–H groups in total. The molecule has 3 aromatic rings. The molecule has 2 aromatic heterocycles. The molecule has 7 heteroatoms. The van der Waals surface area contributed by atoms with Crippen molar-refractivity contribution in [2.75, 3.05) is 25.1 Å². The number of rotatable bonds is 7. The average Bonchev–Trinajstić information content (AvgIpc) is 2.84. The van der Waals surface area contributed by atoms with Crippen LogP contribution in [-0.2, 0) is 11.2 Å². The van der Waals surface area contributed by atoms with Crippen molar-refractivity contribution in [2.45, 2.75) is 45.1 Å². The van der Waals surface area contributed by atoms with Crippen molar-refractivity contribution >= 4 is 11.9 Å². The van der Waals surface area contributed by atoms with Gasteiger partial charge in [0.15, 0.2) is 0 Å². The van der Waals surface area contributed by atoms with Crippen molar-refractivity contribution in [3.63, 3.8) is 0 Å². The number of hydrogen-bond donors (Lipinski definition) is 1. The van der Waals surface area contributed by atoms with Crippen LogP contribution in [0.2, 0.25) is 0 Å². The van der Waals surface area contributed by atoms with Gasteiger partial charge in [0.2, 0.25) is 11.9 Å². The Morgan fingerprint density at radius 1 is 1.18 bits per heavy atom. The summed E-state index contributed by atoms with van der Waals surface area (Å²) >= 11 is 0. The molecule has 1 fully saturated rings. The van der Waals surface area contributed by atoms with Gasteiger partial charge in [0.1, 0.15) is 5.75 Å². The summed E-state index contributed by atoms with van der Waals surface area (Å²) in [5.74, 6) is 1.85. The Labute approximate surface area is 195 Å². The van der Waals surface area contributed by atoms with Gasteiger partial charge in [-0.2, -0.15) is 0 Å². The average molecular weight is 446 g/mol. The van der Waals surface area contributed by atoms with Gasteiger partial charge in [-0.3, -0.25) is 9.78 Å². The van der Waals surface area contributed by atoms with Crippen molar-refractivity contribution in [3.8, 4) is 16.9 Å². The Hall–Kier alpha value is -3.48. The molecule has 3 heterocycles. The van der Waals surface area contributed by atoms with Gasteiger partial charge in [-0.1, -0.05) is 26.0 Å². The molecule has 0 bridgehead atoms. The lowest BCUT2D eigenvalue weighted by Gasteiger charge is -2.33. The fourth-order valence-electron chi connectivity index (χ4n) is 4.20. The van der Waals surface area contributed by atoms with Crippen LogP contribution in [0, 0.1) is 0 Å². The molecule has 172 valence electrons. The lowest BCUT2D eigenvalue weighted by Crippen LogP contribution is -2.45. The molecule has 1 saturated heterocycles. The normalized spacial score (nSPS) is 14.4. The summed E-state index contributed by atoms with van der Waals surface area (Å²) in [7, 11) is 1.63. The molecule has 0 radical (unpaired) electrons. The van der Waals surface area contributed by atoms with Crippen molar-refractivity contribution in [1.29, 1.82) is 0 Å². The summed E-state index contributed by atoms with van der Waals surface area (Å²) in [6.07, 6.45) is 7.61. The van der Waals surface area contributed by atoms with E-state index in [-0.39, 0.29) is 17.9 Å². The summed E-state index contributed by atoms with van der Waals surface area (Å²) in [6, 6.07) is 11.8. The molecule has 33 heavy (non-hydrogen) atoms. The van der Waals surface area contributed by atoms with Crippen LogP contribution in [0.3, 0.4) is 0 Å². The van der Waals surface area contributed by atoms with E-state index in [1.807, 2.05) is 42.6 Å². The number of nitrogens with one attached hydrogen (secondary N) is 1. The Morgan fingerprint density at radius 3 is 2.64 bits per heavy atom.